The van der Waals surface area contributed by atoms with Crippen molar-refractivity contribution in [2.75, 3.05) is 5.75 Å². The fourth-order valence-electron chi connectivity index (χ4n) is 1.93. The molecule has 86 valence electrons. The van der Waals surface area contributed by atoms with E-state index in [1.165, 1.54) is 11.8 Å². The Morgan fingerprint density at radius 1 is 1.40 bits per heavy atom. The Morgan fingerprint density at radius 3 is 2.33 bits per heavy atom. The van der Waals surface area contributed by atoms with Gasteiger partial charge in [-0.2, -0.15) is 0 Å². The lowest BCUT2D eigenvalue weighted by Gasteiger charge is -2.33. The molecule has 0 radical (unpaired) electrons. The van der Waals surface area contributed by atoms with E-state index in [2.05, 4.69) is 0 Å². The van der Waals surface area contributed by atoms with Crippen molar-refractivity contribution in [1.82, 2.24) is 0 Å². The number of hydrogen-bond acceptors (Lipinski definition) is 3. The van der Waals surface area contributed by atoms with Crippen LogP contribution in [0.5, 0.6) is 0 Å². The van der Waals surface area contributed by atoms with E-state index in [1.807, 2.05) is 6.92 Å². The van der Waals surface area contributed by atoms with Crippen LogP contribution in [0.3, 0.4) is 0 Å². The minimum absolute atomic E-state index is 0.154. The average molecular weight is 230 g/mol. The summed E-state index contributed by atoms with van der Waals surface area (Å²) in [6.45, 7) is 3.40. The van der Waals surface area contributed by atoms with Crippen LogP contribution in [0.4, 0.5) is 0 Å². The summed E-state index contributed by atoms with van der Waals surface area (Å²) < 4.78 is 0. The summed E-state index contributed by atoms with van der Waals surface area (Å²) in [5, 5.41) is 9.20. The van der Waals surface area contributed by atoms with Gasteiger partial charge < -0.3 is 5.11 Å². The first-order valence-corrected chi connectivity index (χ1v) is 6.29. The highest BCUT2D eigenvalue weighted by Gasteiger charge is 2.37. The molecule has 0 unspecified atom stereocenters. The lowest BCUT2D eigenvalue weighted by atomic mass is 9.72. The molecule has 1 rings (SSSR count). The van der Waals surface area contributed by atoms with Crippen molar-refractivity contribution < 1.29 is 14.7 Å². The summed E-state index contributed by atoms with van der Waals surface area (Å²) in [6, 6.07) is 0. The highest BCUT2D eigenvalue weighted by atomic mass is 32.2. The zero-order chi connectivity index (χ0) is 11.5. The molecule has 0 spiro atoms. The van der Waals surface area contributed by atoms with Crippen molar-refractivity contribution in [3.8, 4) is 0 Å². The Morgan fingerprint density at radius 2 is 1.93 bits per heavy atom. The summed E-state index contributed by atoms with van der Waals surface area (Å²) in [5.41, 5.74) is -0.530. The van der Waals surface area contributed by atoms with Gasteiger partial charge in [-0.05, 0) is 38.5 Å². The predicted octanol–water partition coefficient (Wildman–Crippen LogP) is 2.55. The number of carboxylic acids is 1. The summed E-state index contributed by atoms with van der Waals surface area (Å²) in [7, 11) is 0. The van der Waals surface area contributed by atoms with Gasteiger partial charge in [-0.15, -0.1) is 0 Å². The SMILES string of the molecule is CC(=O)SC[C@H]1CC[C@](C)(C(=O)O)CC1. The molecule has 0 amide bonds. The van der Waals surface area contributed by atoms with Crippen LogP contribution >= 0.6 is 11.8 Å². The first kappa shape index (κ1) is 12.6. The third-order valence-electron chi connectivity index (χ3n) is 3.25. The Bertz CT molecular complexity index is 255. The molecule has 1 fully saturated rings. The van der Waals surface area contributed by atoms with Crippen LogP contribution in [0.15, 0.2) is 0 Å². The molecule has 0 aliphatic heterocycles. The highest BCUT2D eigenvalue weighted by molar-refractivity contribution is 8.13. The van der Waals surface area contributed by atoms with Crippen molar-refractivity contribution in [1.29, 1.82) is 0 Å². The molecule has 0 atom stereocenters. The lowest BCUT2D eigenvalue weighted by molar-refractivity contribution is -0.150. The van der Waals surface area contributed by atoms with Gasteiger partial charge in [0.05, 0.1) is 5.41 Å². The second-order valence-electron chi connectivity index (χ2n) is 4.61. The van der Waals surface area contributed by atoms with E-state index in [1.54, 1.807) is 6.92 Å². The molecule has 4 heteroatoms. The number of carbonyl (C=O) groups is 2. The van der Waals surface area contributed by atoms with Crippen LogP contribution in [0.1, 0.15) is 39.5 Å². The normalized spacial score (nSPS) is 31.2. The maximum Gasteiger partial charge on any atom is 0.309 e. The van der Waals surface area contributed by atoms with E-state index in [0.717, 1.165) is 31.4 Å². The van der Waals surface area contributed by atoms with Gasteiger partial charge in [-0.25, -0.2) is 0 Å². The van der Waals surface area contributed by atoms with Crippen LogP contribution in [-0.2, 0) is 9.59 Å². The van der Waals surface area contributed by atoms with Gasteiger partial charge in [-0.3, -0.25) is 9.59 Å². The van der Waals surface area contributed by atoms with Crippen LogP contribution in [0, 0.1) is 11.3 Å². The Hall–Kier alpha value is -0.510. The quantitative estimate of drug-likeness (QED) is 0.809. The number of carboxylic acid groups (broad SMARTS) is 1. The van der Waals surface area contributed by atoms with E-state index in [-0.39, 0.29) is 5.12 Å². The third kappa shape index (κ3) is 3.52. The monoisotopic (exact) mass is 230 g/mol. The second kappa shape index (κ2) is 5.01. The first-order valence-electron chi connectivity index (χ1n) is 5.31. The first-order chi connectivity index (χ1) is 6.94. The number of carbonyl (C=O) groups excluding carboxylic acids is 1. The molecule has 1 aliphatic carbocycles. The number of hydrogen-bond donors (Lipinski definition) is 1. The van der Waals surface area contributed by atoms with Crippen LogP contribution in [-0.4, -0.2) is 21.9 Å². The van der Waals surface area contributed by atoms with E-state index < -0.39 is 11.4 Å². The maximum atomic E-state index is 11.0. The molecule has 0 heterocycles. The topological polar surface area (TPSA) is 54.4 Å². The molecule has 0 saturated heterocycles. The molecule has 0 aromatic rings. The zero-order valence-corrected chi connectivity index (χ0v) is 10.1. The molecule has 15 heavy (non-hydrogen) atoms. The Balaban J connectivity index is 2.35. The van der Waals surface area contributed by atoms with Crippen LogP contribution in [0.2, 0.25) is 0 Å². The average Bonchev–Trinajstić information content (AvgIpc) is 2.16. The number of thioether (sulfide) groups is 1. The molecule has 0 bridgehead atoms. The van der Waals surface area contributed by atoms with Gasteiger partial charge in [0.15, 0.2) is 5.12 Å². The maximum absolute atomic E-state index is 11.0. The minimum Gasteiger partial charge on any atom is -0.481 e. The van der Waals surface area contributed by atoms with Crippen molar-refractivity contribution in [3.05, 3.63) is 0 Å². The molecule has 3 nitrogen and oxygen atoms in total. The van der Waals surface area contributed by atoms with Crippen molar-refractivity contribution in [2.45, 2.75) is 39.5 Å². The smallest absolute Gasteiger partial charge is 0.309 e. The van der Waals surface area contributed by atoms with E-state index in [9.17, 15) is 9.59 Å². The van der Waals surface area contributed by atoms with E-state index in [0.29, 0.717) is 5.92 Å². The molecule has 1 aliphatic rings. The summed E-state index contributed by atoms with van der Waals surface area (Å²) in [5.74, 6) is 0.692. The van der Waals surface area contributed by atoms with Gasteiger partial charge in [0.2, 0.25) is 0 Å². The van der Waals surface area contributed by atoms with Gasteiger partial charge >= 0.3 is 5.97 Å². The number of aliphatic carboxylic acids is 1. The highest BCUT2D eigenvalue weighted by Crippen LogP contribution is 2.39. The van der Waals surface area contributed by atoms with Crippen molar-refractivity contribution in [3.63, 3.8) is 0 Å². The van der Waals surface area contributed by atoms with Gasteiger partial charge in [0.1, 0.15) is 0 Å². The number of rotatable bonds is 3. The Labute approximate surface area is 94.6 Å². The van der Waals surface area contributed by atoms with Crippen molar-refractivity contribution >= 4 is 22.8 Å². The summed E-state index contributed by atoms with van der Waals surface area (Å²) >= 11 is 1.36. The second-order valence-corrected chi connectivity index (χ2v) is 5.81. The largest absolute Gasteiger partial charge is 0.481 e. The standard InChI is InChI=1S/C11H18O3S/c1-8(12)15-7-9-3-5-11(2,6-4-9)10(13)14/h9H,3-7H2,1-2H3,(H,13,14)/t9-,11-. The molecule has 0 aromatic carbocycles. The van der Waals surface area contributed by atoms with Crippen LogP contribution in [0.25, 0.3) is 0 Å². The fraction of sp³-hybridized carbons (Fsp3) is 0.818. The summed E-state index contributed by atoms with van der Waals surface area (Å²) in [6.07, 6.45) is 3.35. The van der Waals surface area contributed by atoms with Gasteiger partial charge in [0, 0.05) is 12.7 Å². The van der Waals surface area contributed by atoms with Gasteiger partial charge in [-0.1, -0.05) is 11.8 Å². The van der Waals surface area contributed by atoms with Gasteiger partial charge in [0.25, 0.3) is 0 Å². The lowest BCUT2D eigenvalue weighted by Crippen LogP contribution is -2.33. The predicted molar refractivity (Wildman–Crippen MR) is 60.8 cm³/mol. The molecule has 1 saturated carbocycles. The Kier molecular flexibility index (Phi) is 4.20. The molecule has 0 aromatic heterocycles. The summed E-state index contributed by atoms with van der Waals surface area (Å²) in [4.78, 5) is 21.8. The third-order valence-corrected chi connectivity index (χ3v) is 4.29. The zero-order valence-electron chi connectivity index (χ0n) is 9.28. The minimum atomic E-state index is -0.680. The van der Waals surface area contributed by atoms with Crippen LogP contribution < -0.4 is 0 Å². The molecular formula is C11H18O3S. The van der Waals surface area contributed by atoms with E-state index >= 15 is 0 Å². The fourth-order valence-corrected chi connectivity index (χ4v) is 2.73. The van der Waals surface area contributed by atoms with E-state index in [4.69, 9.17) is 5.11 Å². The molecule has 1 N–H and O–H groups in total. The van der Waals surface area contributed by atoms with Crippen molar-refractivity contribution in [2.24, 2.45) is 11.3 Å². The molecular weight excluding hydrogens is 212 g/mol.